The van der Waals surface area contributed by atoms with Crippen molar-refractivity contribution in [2.24, 2.45) is 0 Å². The van der Waals surface area contributed by atoms with Crippen LogP contribution < -0.4 is 0 Å². The summed E-state index contributed by atoms with van der Waals surface area (Å²) in [6.45, 7) is 2.71. The summed E-state index contributed by atoms with van der Waals surface area (Å²) in [7, 11) is 0. The summed E-state index contributed by atoms with van der Waals surface area (Å²) in [5, 5.41) is 92.6. The van der Waals surface area contributed by atoms with Gasteiger partial charge in [0.25, 0.3) is 0 Å². The van der Waals surface area contributed by atoms with Crippen LogP contribution in [-0.2, 0) is 28.4 Å². The van der Waals surface area contributed by atoms with Gasteiger partial charge in [-0.05, 0) is 13.3 Å². The van der Waals surface area contributed by atoms with E-state index in [4.69, 9.17) is 28.4 Å². The molecule has 9 N–H and O–H groups in total. The molecule has 0 spiro atoms. The molecule has 15 nitrogen and oxygen atoms in total. The molecule has 3 aliphatic rings. The van der Waals surface area contributed by atoms with E-state index in [2.05, 4.69) is 6.92 Å². The van der Waals surface area contributed by atoms with E-state index in [1.165, 1.54) is 6.92 Å². The topological polar surface area (TPSA) is 237 Å². The Hall–Kier alpha value is -0.600. The van der Waals surface area contributed by atoms with Crippen LogP contribution in [0, 0.1) is 0 Å². The predicted molar refractivity (Wildman–Crippen MR) is 137 cm³/mol. The second-order valence-corrected chi connectivity index (χ2v) is 11.0. The number of unbranched alkanes of at least 4 members (excludes halogenated alkanes) is 5. The minimum Gasteiger partial charge on any atom is -0.394 e. The quantitative estimate of drug-likeness (QED) is 0.0895. The van der Waals surface area contributed by atoms with Gasteiger partial charge in [-0.1, -0.05) is 39.0 Å². The van der Waals surface area contributed by atoms with Crippen LogP contribution >= 0.6 is 0 Å². The van der Waals surface area contributed by atoms with Crippen LogP contribution in [0.1, 0.15) is 52.4 Å². The van der Waals surface area contributed by atoms with E-state index in [-0.39, 0.29) is 6.61 Å². The zero-order chi connectivity index (χ0) is 30.3. The molecular weight excluding hydrogens is 552 g/mol. The largest absolute Gasteiger partial charge is 0.394 e. The van der Waals surface area contributed by atoms with Crippen molar-refractivity contribution in [1.82, 2.24) is 0 Å². The molecule has 0 bridgehead atoms. The molecule has 3 fully saturated rings. The van der Waals surface area contributed by atoms with Gasteiger partial charge in [-0.25, -0.2) is 0 Å². The highest BCUT2D eigenvalue weighted by molar-refractivity contribution is 4.94. The van der Waals surface area contributed by atoms with Crippen molar-refractivity contribution in [2.45, 2.75) is 144 Å². The molecular formula is C26H48O15. The average molecular weight is 601 g/mol. The Morgan fingerprint density at radius 1 is 0.561 bits per heavy atom. The summed E-state index contributed by atoms with van der Waals surface area (Å²) >= 11 is 0. The third-order valence-electron chi connectivity index (χ3n) is 7.79. The molecule has 41 heavy (non-hydrogen) atoms. The highest BCUT2D eigenvalue weighted by Crippen LogP contribution is 2.30. The Morgan fingerprint density at radius 3 is 1.80 bits per heavy atom. The lowest BCUT2D eigenvalue weighted by molar-refractivity contribution is -0.364. The summed E-state index contributed by atoms with van der Waals surface area (Å²) < 4.78 is 33.3. The van der Waals surface area contributed by atoms with E-state index in [1.54, 1.807) is 0 Å². The minimum absolute atomic E-state index is 0.272. The predicted octanol–water partition coefficient (Wildman–Crippen LogP) is -3.16. The Balaban J connectivity index is 1.56. The molecule has 0 amide bonds. The highest BCUT2D eigenvalue weighted by atomic mass is 16.8. The maximum atomic E-state index is 10.8. The van der Waals surface area contributed by atoms with Gasteiger partial charge >= 0.3 is 0 Å². The zero-order valence-electron chi connectivity index (χ0n) is 23.5. The molecule has 0 aromatic carbocycles. The SMILES string of the molecule is CCCCCCCCOC1O[C@H](CO)[C@@H](OC2O[C@H](COC3O[C@@H](C)[C@@H](O)[C@@H](O)[C@@H]3O)[C@H](O)[C@H](O)[C@H]2O)[C@H](O)[C@H]1O. The molecule has 3 rings (SSSR count). The number of rotatable bonds is 14. The van der Waals surface area contributed by atoms with Crippen molar-refractivity contribution in [2.75, 3.05) is 19.8 Å². The average Bonchev–Trinajstić information content (AvgIpc) is 2.96. The number of hydrogen-bond acceptors (Lipinski definition) is 15. The van der Waals surface area contributed by atoms with Crippen LogP contribution in [0.25, 0.3) is 0 Å². The molecule has 0 aromatic heterocycles. The van der Waals surface area contributed by atoms with Gasteiger partial charge in [0.1, 0.15) is 67.1 Å². The van der Waals surface area contributed by atoms with Crippen molar-refractivity contribution in [3.05, 3.63) is 0 Å². The molecule has 15 heteroatoms. The Morgan fingerprint density at radius 2 is 1.12 bits per heavy atom. The summed E-state index contributed by atoms with van der Waals surface area (Å²) in [4.78, 5) is 0. The second-order valence-electron chi connectivity index (χ2n) is 11.0. The van der Waals surface area contributed by atoms with Gasteiger partial charge in [-0.3, -0.25) is 0 Å². The van der Waals surface area contributed by atoms with E-state index < -0.39 is 105 Å². The molecule has 3 heterocycles. The smallest absolute Gasteiger partial charge is 0.187 e. The van der Waals surface area contributed by atoms with E-state index in [0.717, 1.165) is 38.5 Å². The molecule has 15 atom stereocenters. The first-order chi connectivity index (χ1) is 19.5. The van der Waals surface area contributed by atoms with Crippen LogP contribution in [-0.4, -0.2) is 158 Å². The van der Waals surface area contributed by atoms with Gasteiger partial charge in [0.15, 0.2) is 18.9 Å². The fourth-order valence-corrected chi connectivity index (χ4v) is 5.10. The third kappa shape index (κ3) is 8.74. The van der Waals surface area contributed by atoms with Gasteiger partial charge in [0.05, 0.1) is 19.3 Å². The molecule has 3 aliphatic heterocycles. The van der Waals surface area contributed by atoms with Crippen LogP contribution in [0.5, 0.6) is 0 Å². The maximum absolute atomic E-state index is 10.8. The summed E-state index contributed by atoms with van der Waals surface area (Å²) in [6.07, 6.45) is -16.0. The Kier molecular flexibility index (Phi) is 14.0. The highest BCUT2D eigenvalue weighted by Gasteiger charge is 2.51. The zero-order valence-corrected chi connectivity index (χ0v) is 23.5. The van der Waals surface area contributed by atoms with Crippen molar-refractivity contribution in [3.63, 3.8) is 0 Å². The summed E-state index contributed by atoms with van der Waals surface area (Å²) in [6, 6.07) is 0. The van der Waals surface area contributed by atoms with Crippen LogP contribution in [0.15, 0.2) is 0 Å². The molecule has 0 aromatic rings. The fraction of sp³-hybridized carbons (Fsp3) is 1.00. The molecule has 3 saturated heterocycles. The number of aliphatic hydroxyl groups excluding tert-OH is 9. The minimum atomic E-state index is -1.81. The lowest BCUT2D eigenvalue weighted by atomic mass is 9.97. The first-order valence-electron chi connectivity index (χ1n) is 14.4. The molecule has 0 aliphatic carbocycles. The summed E-state index contributed by atoms with van der Waals surface area (Å²) in [5.41, 5.74) is 0. The Bertz CT molecular complexity index is 746. The first-order valence-corrected chi connectivity index (χ1v) is 14.4. The van der Waals surface area contributed by atoms with Crippen molar-refractivity contribution in [3.8, 4) is 0 Å². The van der Waals surface area contributed by atoms with Crippen LogP contribution in [0.3, 0.4) is 0 Å². The lowest BCUT2D eigenvalue weighted by Gasteiger charge is -2.46. The van der Waals surface area contributed by atoms with E-state index in [1.807, 2.05) is 0 Å². The van der Waals surface area contributed by atoms with Crippen LogP contribution in [0.4, 0.5) is 0 Å². The van der Waals surface area contributed by atoms with Crippen molar-refractivity contribution >= 4 is 0 Å². The third-order valence-corrected chi connectivity index (χ3v) is 7.79. The molecule has 242 valence electrons. The second kappa shape index (κ2) is 16.5. The molecule has 3 unspecified atom stereocenters. The number of hydrogen-bond donors (Lipinski definition) is 9. The van der Waals surface area contributed by atoms with Crippen molar-refractivity contribution in [1.29, 1.82) is 0 Å². The lowest BCUT2D eigenvalue weighted by Crippen LogP contribution is -2.65. The van der Waals surface area contributed by atoms with E-state index in [9.17, 15) is 46.0 Å². The molecule has 0 radical (unpaired) electrons. The van der Waals surface area contributed by atoms with Gasteiger partial charge in [0, 0.05) is 6.61 Å². The molecule has 0 saturated carbocycles. The van der Waals surface area contributed by atoms with Crippen molar-refractivity contribution < 1.29 is 74.4 Å². The standard InChI is InChI=1S/C26H48O15/c1-3-4-5-6-7-8-9-36-24-22(35)19(32)23(13(10-27)39-24)41-26-21(34)18(31)16(29)14(40-26)11-37-25-20(33)17(30)15(28)12(2)38-25/h12-35H,3-11H2,1-2H3/t12-,13+,14+,15+,16-,17+,18-,19+,20-,21+,22+,23+,24?,25?,26?/m0/s1. The van der Waals surface area contributed by atoms with Gasteiger partial charge in [0.2, 0.25) is 0 Å². The Labute approximate surface area is 239 Å². The monoisotopic (exact) mass is 600 g/mol. The normalized spacial score (nSPS) is 45.6. The summed E-state index contributed by atoms with van der Waals surface area (Å²) in [5.74, 6) is 0. The van der Waals surface area contributed by atoms with Gasteiger partial charge in [-0.15, -0.1) is 0 Å². The van der Waals surface area contributed by atoms with E-state index >= 15 is 0 Å². The maximum Gasteiger partial charge on any atom is 0.187 e. The number of ether oxygens (including phenoxy) is 6. The van der Waals surface area contributed by atoms with Gasteiger partial charge < -0.3 is 74.4 Å². The fourth-order valence-electron chi connectivity index (χ4n) is 5.10. The van der Waals surface area contributed by atoms with E-state index in [0.29, 0.717) is 0 Å². The van der Waals surface area contributed by atoms with Gasteiger partial charge in [-0.2, -0.15) is 0 Å². The first kappa shape index (κ1) is 34.9. The van der Waals surface area contributed by atoms with Crippen LogP contribution in [0.2, 0.25) is 0 Å². The number of aliphatic hydroxyl groups is 9.